The smallest absolute Gasteiger partial charge is 0.0229 e. The number of hydrogen-bond donors (Lipinski definition) is 1. The van der Waals surface area contributed by atoms with E-state index in [4.69, 9.17) is 0 Å². The summed E-state index contributed by atoms with van der Waals surface area (Å²) in [5.74, 6) is 0.834. The Morgan fingerprint density at radius 1 is 1.18 bits per heavy atom. The van der Waals surface area contributed by atoms with E-state index in [-0.39, 0.29) is 0 Å². The van der Waals surface area contributed by atoms with Gasteiger partial charge in [-0.3, -0.25) is 4.90 Å². The van der Waals surface area contributed by atoms with Gasteiger partial charge < -0.3 is 5.32 Å². The van der Waals surface area contributed by atoms with Crippen LogP contribution in [-0.2, 0) is 0 Å². The van der Waals surface area contributed by atoms with Gasteiger partial charge in [0, 0.05) is 31.7 Å². The molecule has 2 fully saturated rings. The summed E-state index contributed by atoms with van der Waals surface area (Å²) in [4.78, 5) is 2.65. The van der Waals surface area contributed by atoms with Gasteiger partial charge in [0.05, 0.1) is 0 Å². The Balaban J connectivity index is 2.15. The van der Waals surface area contributed by atoms with Crippen LogP contribution in [0.25, 0.3) is 0 Å². The highest BCUT2D eigenvalue weighted by Crippen LogP contribution is 2.44. The van der Waals surface area contributed by atoms with Crippen LogP contribution in [0.5, 0.6) is 0 Å². The third kappa shape index (κ3) is 2.68. The molecule has 17 heavy (non-hydrogen) atoms. The standard InChI is InChI=1S/C15H30N2/c1-11(2)17-8-13-12(15(5,6)10-17)7-14(3,4)9-16-13/h11-13,16H,7-10H2,1-6H3. The van der Waals surface area contributed by atoms with Crippen molar-refractivity contribution in [2.75, 3.05) is 19.6 Å². The maximum atomic E-state index is 3.81. The summed E-state index contributed by atoms with van der Waals surface area (Å²) in [6, 6.07) is 1.38. The lowest BCUT2D eigenvalue weighted by Crippen LogP contribution is -2.64. The molecule has 0 aromatic heterocycles. The fourth-order valence-electron chi connectivity index (χ4n) is 3.72. The third-order valence-electron chi connectivity index (χ3n) is 4.88. The molecule has 0 spiro atoms. The van der Waals surface area contributed by atoms with Crippen LogP contribution >= 0.6 is 0 Å². The summed E-state index contributed by atoms with van der Waals surface area (Å²) in [6.45, 7) is 18.0. The maximum absolute atomic E-state index is 3.81. The molecule has 2 nitrogen and oxygen atoms in total. The molecular weight excluding hydrogens is 208 g/mol. The first-order valence-corrected chi connectivity index (χ1v) is 7.19. The van der Waals surface area contributed by atoms with Crippen LogP contribution in [0, 0.1) is 16.7 Å². The van der Waals surface area contributed by atoms with Crippen molar-refractivity contribution >= 4 is 0 Å². The zero-order chi connectivity index (χ0) is 12.8. The lowest BCUT2D eigenvalue weighted by atomic mass is 9.63. The molecule has 0 aromatic rings. The Morgan fingerprint density at radius 2 is 1.82 bits per heavy atom. The third-order valence-corrected chi connectivity index (χ3v) is 4.88. The Bertz CT molecular complexity index is 281. The molecule has 2 heterocycles. The van der Waals surface area contributed by atoms with Crippen molar-refractivity contribution in [2.45, 2.75) is 60.0 Å². The lowest BCUT2D eigenvalue weighted by Gasteiger charge is -2.55. The van der Waals surface area contributed by atoms with Crippen LogP contribution in [0.2, 0.25) is 0 Å². The first-order valence-electron chi connectivity index (χ1n) is 7.19. The minimum absolute atomic E-state index is 0.442. The molecule has 0 radical (unpaired) electrons. The predicted molar refractivity (Wildman–Crippen MR) is 74.2 cm³/mol. The van der Waals surface area contributed by atoms with Crippen molar-refractivity contribution in [3.05, 3.63) is 0 Å². The summed E-state index contributed by atoms with van der Waals surface area (Å²) >= 11 is 0. The highest BCUT2D eigenvalue weighted by Gasteiger charge is 2.47. The van der Waals surface area contributed by atoms with Crippen LogP contribution in [0.15, 0.2) is 0 Å². The van der Waals surface area contributed by atoms with E-state index in [0.717, 1.165) is 5.92 Å². The number of hydrogen-bond acceptors (Lipinski definition) is 2. The summed E-state index contributed by atoms with van der Waals surface area (Å²) in [5, 5.41) is 3.81. The number of nitrogens with one attached hydrogen (secondary N) is 1. The SMILES string of the molecule is CC(C)N1CC2NCC(C)(C)CC2C(C)(C)C1. The molecule has 0 saturated carbocycles. The fourth-order valence-corrected chi connectivity index (χ4v) is 3.72. The highest BCUT2D eigenvalue weighted by atomic mass is 15.2. The van der Waals surface area contributed by atoms with E-state index in [1.54, 1.807) is 0 Å². The summed E-state index contributed by atoms with van der Waals surface area (Å²) in [7, 11) is 0. The van der Waals surface area contributed by atoms with Crippen LogP contribution in [-0.4, -0.2) is 36.6 Å². The molecule has 2 aliphatic rings. The van der Waals surface area contributed by atoms with E-state index >= 15 is 0 Å². The van der Waals surface area contributed by atoms with Gasteiger partial charge in [0.1, 0.15) is 0 Å². The monoisotopic (exact) mass is 238 g/mol. The van der Waals surface area contributed by atoms with Gasteiger partial charge >= 0.3 is 0 Å². The van der Waals surface area contributed by atoms with E-state index in [0.29, 0.717) is 22.9 Å². The molecule has 0 aromatic carbocycles. The Morgan fingerprint density at radius 3 is 2.41 bits per heavy atom. The first kappa shape index (κ1) is 13.4. The number of piperidine rings is 2. The van der Waals surface area contributed by atoms with Crippen LogP contribution < -0.4 is 5.32 Å². The van der Waals surface area contributed by atoms with E-state index < -0.39 is 0 Å². The van der Waals surface area contributed by atoms with E-state index in [2.05, 4.69) is 51.8 Å². The Hall–Kier alpha value is -0.0800. The van der Waals surface area contributed by atoms with Gasteiger partial charge in [-0.25, -0.2) is 0 Å². The van der Waals surface area contributed by atoms with Gasteiger partial charge in [0.15, 0.2) is 0 Å². The van der Waals surface area contributed by atoms with Crippen molar-refractivity contribution < 1.29 is 0 Å². The molecule has 0 amide bonds. The average Bonchev–Trinajstić information content (AvgIpc) is 2.17. The van der Waals surface area contributed by atoms with Crippen molar-refractivity contribution in [2.24, 2.45) is 16.7 Å². The molecule has 100 valence electrons. The molecule has 2 aliphatic heterocycles. The highest BCUT2D eigenvalue weighted by molar-refractivity contribution is 5.01. The van der Waals surface area contributed by atoms with Crippen LogP contribution in [0.4, 0.5) is 0 Å². The zero-order valence-electron chi connectivity index (χ0n) is 12.5. The van der Waals surface area contributed by atoms with Crippen LogP contribution in [0.3, 0.4) is 0 Å². The number of nitrogens with zero attached hydrogens (tertiary/aromatic N) is 1. The largest absolute Gasteiger partial charge is 0.312 e. The minimum Gasteiger partial charge on any atom is -0.312 e. The van der Waals surface area contributed by atoms with Crippen molar-refractivity contribution in [1.82, 2.24) is 10.2 Å². The van der Waals surface area contributed by atoms with Crippen molar-refractivity contribution in [3.8, 4) is 0 Å². The van der Waals surface area contributed by atoms with E-state index in [9.17, 15) is 0 Å². The molecule has 0 aliphatic carbocycles. The van der Waals surface area contributed by atoms with Gasteiger partial charge in [-0.1, -0.05) is 27.7 Å². The lowest BCUT2D eigenvalue weighted by molar-refractivity contribution is -0.0340. The average molecular weight is 238 g/mol. The van der Waals surface area contributed by atoms with E-state index in [1.165, 1.54) is 26.1 Å². The molecule has 2 saturated heterocycles. The first-order chi connectivity index (χ1) is 7.71. The second-order valence-electron chi connectivity index (χ2n) is 7.97. The quantitative estimate of drug-likeness (QED) is 0.755. The molecule has 2 unspecified atom stereocenters. The topological polar surface area (TPSA) is 15.3 Å². The Labute approximate surface area is 107 Å². The van der Waals surface area contributed by atoms with Gasteiger partial charge in [-0.05, 0) is 37.0 Å². The molecular formula is C15H30N2. The summed E-state index contributed by atoms with van der Waals surface area (Å²) < 4.78 is 0. The maximum Gasteiger partial charge on any atom is 0.0229 e. The van der Waals surface area contributed by atoms with Gasteiger partial charge in [-0.2, -0.15) is 0 Å². The van der Waals surface area contributed by atoms with Gasteiger partial charge in [-0.15, -0.1) is 0 Å². The second kappa shape index (κ2) is 4.24. The van der Waals surface area contributed by atoms with Crippen LogP contribution in [0.1, 0.15) is 48.0 Å². The van der Waals surface area contributed by atoms with Crippen molar-refractivity contribution in [3.63, 3.8) is 0 Å². The zero-order valence-corrected chi connectivity index (χ0v) is 12.5. The predicted octanol–water partition coefficient (Wildman–Crippen LogP) is 2.74. The fraction of sp³-hybridized carbons (Fsp3) is 1.00. The Kier molecular flexibility index (Phi) is 3.33. The molecule has 2 rings (SSSR count). The van der Waals surface area contributed by atoms with E-state index in [1.807, 2.05) is 0 Å². The second-order valence-corrected chi connectivity index (χ2v) is 7.97. The normalized spacial score (nSPS) is 36.9. The summed E-state index contributed by atoms with van der Waals surface area (Å²) in [6.07, 6.45) is 1.38. The molecule has 2 heteroatoms. The molecule has 1 N–H and O–H groups in total. The molecule has 2 atom stereocenters. The summed E-state index contributed by atoms with van der Waals surface area (Å²) in [5.41, 5.74) is 0.913. The van der Waals surface area contributed by atoms with Crippen molar-refractivity contribution in [1.29, 1.82) is 0 Å². The minimum atomic E-state index is 0.442. The van der Waals surface area contributed by atoms with Gasteiger partial charge in [0.25, 0.3) is 0 Å². The molecule has 0 bridgehead atoms. The van der Waals surface area contributed by atoms with Gasteiger partial charge in [0.2, 0.25) is 0 Å². The number of fused-ring (bicyclic) bond motifs is 1. The number of rotatable bonds is 1. The number of likely N-dealkylation sites (tertiary alicyclic amines) is 1.